The first-order valence-corrected chi connectivity index (χ1v) is 12.1. The van der Waals surface area contributed by atoms with Gasteiger partial charge in [-0.1, -0.05) is 26.0 Å². The molecule has 32 heavy (non-hydrogen) atoms. The Bertz CT molecular complexity index is 1090. The van der Waals surface area contributed by atoms with Gasteiger partial charge in [-0.2, -0.15) is 0 Å². The van der Waals surface area contributed by atoms with Gasteiger partial charge in [0.2, 0.25) is 0 Å². The number of anilines is 2. The topological polar surface area (TPSA) is 106 Å². The highest BCUT2D eigenvalue weighted by atomic mass is 32.2. The van der Waals surface area contributed by atoms with E-state index in [4.69, 9.17) is 4.74 Å². The van der Waals surface area contributed by atoms with Gasteiger partial charge in [0.1, 0.15) is 17.2 Å². The molecule has 2 heterocycles. The van der Waals surface area contributed by atoms with Gasteiger partial charge < -0.3 is 15.0 Å². The number of hydrogen-bond acceptors (Lipinski definition) is 7. The average molecular weight is 464 g/mol. The maximum atomic E-state index is 14.0. The molecule has 1 aromatic heterocycles. The zero-order chi connectivity index (χ0) is 23.3. The van der Waals surface area contributed by atoms with Crippen molar-refractivity contribution >= 4 is 33.2 Å². The Kier molecular flexibility index (Phi) is 7.44. The molecule has 0 bridgehead atoms. The number of pyridine rings is 1. The third-order valence-electron chi connectivity index (χ3n) is 5.01. The van der Waals surface area contributed by atoms with Gasteiger partial charge in [0.05, 0.1) is 17.2 Å². The summed E-state index contributed by atoms with van der Waals surface area (Å²) in [7, 11) is -3.17. The first-order chi connectivity index (χ1) is 15.2. The van der Waals surface area contributed by atoms with Crippen molar-refractivity contribution in [1.29, 1.82) is 0 Å². The van der Waals surface area contributed by atoms with Crippen LogP contribution in [0.15, 0.2) is 42.6 Å². The van der Waals surface area contributed by atoms with Gasteiger partial charge in [-0.15, -0.1) is 0 Å². The Balaban J connectivity index is 1.69. The number of carbonyl (C=O) groups is 2. The fraction of sp³-hybridized carbons (Fsp3) is 0.409. The maximum absolute atomic E-state index is 14.0. The number of esters is 1. The van der Waals surface area contributed by atoms with Crippen LogP contribution in [0.5, 0.6) is 0 Å². The molecule has 1 aromatic carbocycles. The number of amides is 1. The summed E-state index contributed by atoms with van der Waals surface area (Å²) < 4.78 is 42.9. The van der Waals surface area contributed by atoms with Crippen molar-refractivity contribution in [1.82, 2.24) is 9.88 Å². The first-order valence-electron chi connectivity index (χ1n) is 10.3. The summed E-state index contributed by atoms with van der Waals surface area (Å²) in [5.74, 6) is -1.60. The molecule has 0 aliphatic carbocycles. The zero-order valence-corrected chi connectivity index (χ0v) is 18.8. The molecule has 1 aliphatic heterocycles. The van der Waals surface area contributed by atoms with Crippen LogP contribution in [0.3, 0.4) is 0 Å². The van der Waals surface area contributed by atoms with Gasteiger partial charge in [0.25, 0.3) is 5.91 Å². The lowest BCUT2D eigenvalue weighted by molar-refractivity contribution is -0.137. The molecule has 172 valence electrons. The van der Waals surface area contributed by atoms with Crippen molar-refractivity contribution in [2.24, 2.45) is 5.92 Å². The summed E-state index contributed by atoms with van der Waals surface area (Å²) in [6.07, 6.45) is 1.81. The minimum atomic E-state index is -3.17. The number of hydrogen-bond donors (Lipinski definition) is 1. The SMILES string of the molecule is CC(C)CN(C(=O)COC(=O)c1cccnc1Nc1ccccc1F)[C@@H]1CCS(=O)(=O)C1. The van der Waals surface area contributed by atoms with Crippen LogP contribution in [-0.2, 0) is 19.4 Å². The average Bonchev–Trinajstić information content (AvgIpc) is 3.11. The normalized spacial score (nSPS) is 17.2. The highest BCUT2D eigenvalue weighted by Crippen LogP contribution is 2.22. The van der Waals surface area contributed by atoms with Gasteiger partial charge in [0, 0.05) is 18.8 Å². The van der Waals surface area contributed by atoms with E-state index in [9.17, 15) is 22.4 Å². The van der Waals surface area contributed by atoms with Crippen LogP contribution < -0.4 is 5.32 Å². The number of ether oxygens (including phenoxy) is 1. The molecule has 2 aromatic rings. The van der Waals surface area contributed by atoms with Gasteiger partial charge >= 0.3 is 5.97 Å². The standard InChI is InChI=1S/C22H26FN3O5S/c1-15(2)12-26(16-9-11-32(29,30)14-16)20(27)13-31-22(28)17-6-5-10-24-21(17)25-19-8-4-3-7-18(19)23/h3-8,10,15-16H,9,11-14H2,1-2H3,(H,24,25)/t16-/m1/s1. The van der Waals surface area contributed by atoms with Crippen molar-refractivity contribution in [3.05, 3.63) is 54.0 Å². The van der Waals surface area contributed by atoms with Crippen molar-refractivity contribution in [3.63, 3.8) is 0 Å². The quantitative estimate of drug-likeness (QED) is 0.600. The lowest BCUT2D eigenvalue weighted by Gasteiger charge is -2.29. The molecule has 0 saturated carbocycles. The second-order valence-corrected chi connectivity index (χ2v) is 10.3. The van der Waals surface area contributed by atoms with Crippen LogP contribution in [0.25, 0.3) is 0 Å². The molecule has 0 spiro atoms. The Morgan fingerprint density at radius 1 is 1.25 bits per heavy atom. The summed E-state index contributed by atoms with van der Waals surface area (Å²) in [5, 5.41) is 2.76. The fourth-order valence-corrected chi connectivity index (χ4v) is 5.25. The van der Waals surface area contributed by atoms with Gasteiger partial charge in [0.15, 0.2) is 16.4 Å². The molecule has 8 nitrogen and oxygen atoms in total. The van der Waals surface area contributed by atoms with Crippen LogP contribution >= 0.6 is 0 Å². The number of rotatable bonds is 8. The number of halogens is 1. The molecule has 1 atom stereocenters. The van der Waals surface area contributed by atoms with Crippen LogP contribution in [0.1, 0.15) is 30.6 Å². The van der Waals surface area contributed by atoms with Crippen molar-refractivity contribution in [2.75, 3.05) is 30.0 Å². The Labute approximate surface area is 186 Å². The molecule has 1 saturated heterocycles. The van der Waals surface area contributed by atoms with E-state index in [-0.39, 0.29) is 34.5 Å². The molecule has 10 heteroatoms. The highest BCUT2D eigenvalue weighted by molar-refractivity contribution is 7.91. The number of para-hydroxylation sites is 1. The Morgan fingerprint density at radius 2 is 2.00 bits per heavy atom. The summed E-state index contributed by atoms with van der Waals surface area (Å²) in [5.41, 5.74) is 0.185. The van der Waals surface area contributed by atoms with E-state index >= 15 is 0 Å². The lowest BCUT2D eigenvalue weighted by atomic mass is 10.1. The zero-order valence-electron chi connectivity index (χ0n) is 18.0. The van der Waals surface area contributed by atoms with E-state index in [1.54, 1.807) is 6.07 Å². The minimum Gasteiger partial charge on any atom is -0.452 e. The summed E-state index contributed by atoms with van der Waals surface area (Å²) in [4.78, 5) is 31.0. The molecule has 1 N–H and O–H groups in total. The van der Waals surface area contributed by atoms with Crippen molar-refractivity contribution in [3.8, 4) is 0 Å². The Morgan fingerprint density at radius 3 is 2.66 bits per heavy atom. The van der Waals surface area contributed by atoms with Gasteiger partial charge in [-0.3, -0.25) is 4.79 Å². The molecule has 0 radical (unpaired) electrons. The predicted octanol–water partition coefficient (Wildman–Crippen LogP) is 2.79. The van der Waals surface area contributed by atoms with E-state index in [2.05, 4.69) is 10.3 Å². The fourth-order valence-electron chi connectivity index (χ4n) is 3.52. The van der Waals surface area contributed by atoms with Crippen LogP contribution in [0.2, 0.25) is 0 Å². The molecular weight excluding hydrogens is 437 g/mol. The van der Waals surface area contributed by atoms with Crippen LogP contribution in [0, 0.1) is 11.7 Å². The van der Waals surface area contributed by atoms with Crippen molar-refractivity contribution in [2.45, 2.75) is 26.3 Å². The summed E-state index contributed by atoms with van der Waals surface area (Å²) >= 11 is 0. The van der Waals surface area contributed by atoms with Gasteiger partial charge in [-0.05, 0) is 36.6 Å². The minimum absolute atomic E-state index is 0.0418. The predicted molar refractivity (Wildman–Crippen MR) is 118 cm³/mol. The largest absolute Gasteiger partial charge is 0.452 e. The number of nitrogens with zero attached hydrogens (tertiary/aromatic N) is 2. The number of sulfone groups is 1. The monoisotopic (exact) mass is 463 g/mol. The van der Waals surface area contributed by atoms with E-state index in [1.807, 2.05) is 13.8 Å². The third-order valence-corrected chi connectivity index (χ3v) is 6.76. The first kappa shape index (κ1) is 23.6. The van der Waals surface area contributed by atoms with Crippen molar-refractivity contribution < 1.29 is 27.1 Å². The molecule has 0 unspecified atom stereocenters. The third kappa shape index (κ3) is 6.03. The van der Waals surface area contributed by atoms with E-state index in [0.29, 0.717) is 13.0 Å². The lowest BCUT2D eigenvalue weighted by Crippen LogP contribution is -2.45. The number of carbonyl (C=O) groups excluding carboxylic acids is 2. The second kappa shape index (κ2) is 10.1. The molecule has 1 amide bonds. The second-order valence-electron chi connectivity index (χ2n) is 8.08. The van der Waals surface area contributed by atoms with E-state index < -0.39 is 40.2 Å². The maximum Gasteiger partial charge on any atom is 0.342 e. The molecule has 3 rings (SSSR count). The van der Waals surface area contributed by atoms with Crippen LogP contribution in [0.4, 0.5) is 15.9 Å². The van der Waals surface area contributed by atoms with E-state index in [1.165, 1.54) is 41.4 Å². The van der Waals surface area contributed by atoms with Crippen LogP contribution in [-0.4, -0.2) is 60.9 Å². The number of aromatic nitrogens is 1. The summed E-state index contributed by atoms with van der Waals surface area (Å²) in [6, 6.07) is 8.51. The molecular formula is C22H26FN3O5S. The smallest absolute Gasteiger partial charge is 0.342 e. The Hall–Kier alpha value is -3.01. The molecule has 1 aliphatic rings. The number of benzene rings is 1. The number of nitrogens with one attached hydrogen (secondary N) is 1. The molecule has 1 fully saturated rings. The highest BCUT2D eigenvalue weighted by Gasteiger charge is 2.35. The van der Waals surface area contributed by atoms with E-state index in [0.717, 1.165) is 0 Å². The summed E-state index contributed by atoms with van der Waals surface area (Å²) in [6.45, 7) is 3.68. The van der Waals surface area contributed by atoms with Gasteiger partial charge in [-0.25, -0.2) is 22.6 Å².